The van der Waals surface area contributed by atoms with Crippen LogP contribution >= 0.6 is 0 Å². The van der Waals surface area contributed by atoms with E-state index in [1.807, 2.05) is 24.3 Å². The molecule has 0 bridgehead atoms. The van der Waals surface area contributed by atoms with Crippen LogP contribution in [0.4, 0.5) is 0 Å². The van der Waals surface area contributed by atoms with E-state index < -0.39 is 5.91 Å². The van der Waals surface area contributed by atoms with Crippen LogP contribution in [0.2, 0.25) is 0 Å². The number of primary amides is 1. The van der Waals surface area contributed by atoms with Crippen molar-refractivity contribution in [3.05, 3.63) is 59.9 Å². The number of amides is 2. The van der Waals surface area contributed by atoms with Gasteiger partial charge < -0.3 is 20.8 Å². The van der Waals surface area contributed by atoms with Gasteiger partial charge in [0.2, 0.25) is 5.91 Å². The van der Waals surface area contributed by atoms with E-state index >= 15 is 0 Å². The molecule has 0 saturated heterocycles. The topological polar surface area (TPSA) is 110 Å². The Balaban J connectivity index is 1.46. The van der Waals surface area contributed by atoms with Crippen LogP contribution in [0.25, 0.3) is 11.0 Å². The van der Waals surface area contributed by atoms with Crippen molar-refractivity contribution in [3.8, 4) is 5.75 Å². The molecule has 0 aliphatic carbocycles. The number of para-hydroxylation sites is 3. The van der Waals surface area contributed by atoms with E-state index in [0.29, 0.717) is 24.3 Å². The number of hydrogen-bond donors (Lipinski definition) is 3. The van der Waals surface area contributed by atoms with E-state index in [2.05, 4.69) is 15.3 Å². The standard InChI is InChI=1S/C19H20N4O3/c20-17(24)11-13-5-1-4-8-16(13)26-12-19(25)21-10-9-18-22-14-6-2-3-7-15(14)23-18/h1-8H,9-12H2,(H2,20,24)(H,21,25)(H,22,23). The van der Waals surface area contributed by atoms with Crippen molar-refractivity contribution < 1.29 is 14.3 Å². The SMILES string of the molecule is NC(=O)Cc1ccccc1OCC(=O)NCCc1nc2ccccc2[nH]1. The highest BCUT2D eigenvalue weighted by Crippen LogP contribution is 2.18. The molecule has 0 radical (unpaired) electrons. The number of carbonyl (C=O) groups is 2. The lowest BCUT2D eigenvalue weighted by atomic mass is 10.1. The van der Waals surface area contributed by atoms with E-state index in [1.165, 1.54) is 0 Å². The highest BCUT2D eigenvalue weighted by molar-refractivity contribution is 5.79. The Morgan fingerprint density at radius 1 is 1.12 bits per heavy atom. The van der Waals surface area contributed by atoms with Crippen LogP contribution in [-0.2, 0) is 22.4 Å². The maximum Gasteiger partial charge on any atom is 0.257 e. The molecule has 2 amide bonds. The van der Waals surface area contributed by atoms with E-state index in [1.54, 1.807) is 24.3 Å². The first kappa shape index (κ1) is 17.5. The molecule has 0 aliphatic rings. The Morgan fingerprint density at radius 3 is 2.69 bits per heavy atom. The highest BCUT2D eigenvalue weighted by Gasteiger charge is 2.09. The van der Waals surface area contributed by atoms with Gasteiger partial charge in [0.05, 0.1) is 17.5 Å². The summed E-state index contributed by atoms with van der Waals surface area (Å²) in [6.45, 7) is 0.320. The number of nitrogens with zero attached hydrogens (tertiary/aromatic N) is 1. The van der Waals surface area contributed by atoms with E-state index in [-0.39, 0.29) is 18.9 Å². The van der Waals surface area contributed by atoms with Crippen LogP contribution in [0.5, 0.6) is 5.75 Å². The molecule has 0 saturated carbocycles. The zero-order valence-electron chi connectivity index (χ0n) is 14.2. The number of fused-ring (bicyclic) bond motifs is 1. The maximum absolute atomic E-state index is 12.0. The summed E-state index contributed by atoms with van der Waals surface area (Å²) in [5.74, 6) is 0.615. The number of aromatic amines is 1. The molecule has 3 rings (SSSR count). The molecule has 0 spiro atoms. The first-order valence-corrected chi connectivity index (χ1v) is 8.31. The van der Waals surface area contributed by atoms with Crippen molar-refractivity contribution in [2.24, 2.45) is 5.73 Å². The van der Waals surface area contributed by atoms with Gasteiger partial charge in [-0.2, -0.15) is 0 Å². The quantitative estimate of drug-likeness (QED) is 0.568. The summed E-state index contributed by atoms with van der Waals surface area (Å²) in [5.41, 5.74) is 7.76. The number of hydrogen-bond acceptors (Lipinski definition) is 4. The Morgan fingerprint density at radius 2 is 1.88 bits per heavy atom. The van der Waals surface area contributed by atoms with Crippen LogP contribution in [-0.4, -0.2) is 34.9 Å². The molecule has 4 N–H and O–H groups in total. The van der Waals surface area contributed by atoms with Crippen LogP contribution in [0.1, 0.15) is 11.4 Å². The predicted octanol–water partition coefficient (Wildman–Crippen LogP) is 1.33. The van der Waals surface area contributed by atoms with Crippen molar-refractivity contribution in [3.63, 3.8) is 0 Å². The van der Waals surface area contributed by atoms with Crippen LogP contribution < -0.4 is 15.8 Å². The minimum absolute atomic E-state index is 0.0733. The number of imidazole rings is 1. The average molecular weight is 352 g/mol. The molecule has 3 aromatic rings. The lowest BCUT2D eigenvalue weighted by molar-refractivity contribution is -0.123. The van der Waals surface area contributed by atoms with Gasteiger partial charge in [-0.3, -0.25) is 9.59 Å². The summed E-state index contributed by atoms with van der Waals surface area (Å²) < 4.78 is 5.51. The molecular weight excluding hydrogens is 332 g/mol. The maximum atomic E-state index is 12.0. The fraction of sp³-hybridized carbons (Fsp3) is 0.211. The van der Waals surface area contributed by atoms with Gasteiger partial charge in [-0.1, -0.05) is 30.3 Å². The van der Waals surface area contributed by atoms with Gasteiger partial charge >= 0.3 is 0 Å². The molecule has 0 atom stereocenters. The normalized spacial score (nSPS) is 10.6. The van der Waals surface area contributed by atoms with Gasteiger partial charge in [0, 0.05) is 18.5 Å². The summed E-state index contributed by atoms with van der Waals surface area (Å²) in [7, 11) is 0. The minimum Gasteiger partial charge on any atom is -0.483 e. The number of carbonyl (C=O) groups excluding carboxylic acids is 2. The summed E-state index contributed by atoms with van der Waals surface area (Å²) in [6, 6.07) is 14.8. The van der Waals surface area contributed by atoms with E-state index in [4.69, 9.17) is 10.5 Å². The molecule has 2 aromatic carbocycles. The molecule has 7 nitrogen and oxygen atoms in total. The number of ether oxygens (including phenoxy) is 1. The van der Waals surface area contributed by atoms with Crippen molar-refractivity contribution in [2.75, 3.05) is 13.2 Å². The average Bonchev–Trinajstić information content (AvgIpc) is 3.03. The van der Waals surface area contributed by atoms with Crippen LogP contribution in [0.3, 0.4) is 0 Å². The van der Waals surface area contributed by atoms with Crippen molar-refractivity contribution >= 4 is 22.8 Å². The molecule has 0 aliphatic heterocycles. The van der Waals surface area contributed by atoms with Crippen molar-refractivity contribution in [2.45, 2.75) is 12.8 Å². The molecule has 26 heavy (non-hydrogen) atoms. The van der Waals surface area contributed by atoms with Gasteiger partial charge in [-0.15, -0.1) is 0 Å². The fourth-order valence-electron chi connectivity index (χ4n) is 2.62. The Hall–Kier alpha value is -3.35. The number of nitrogens with two attached hydrogens (primary N) is 1. The predicted molar refractivity (Wildman–Crippen MR) is 97.6 cm³/mol. The third kappa shape index (κ3) is 4.60. The van der Waals surface area contributed by atoms with Gasteiger partial charge in [-0.25, -0.2) is 4.98 Å². The minimum atomic E-state index is -0.448. The van der Waals surface area contributed by atoms with E-state index in [0.717, 1.165) is 16.9 Å². The summed E-state index contributed by atoms with van der Waals surface area (Å²) in [4.78, 5) is 30.7. The van der Waals surface area contributed by atoms with Gasteiger partial charge in [0.25, 0.3) is 5.91 Å². The number of rotatable bonds is 8. The van der Waals surface area contributed by atoms with Crippen molar-refractivity contribution in [1.82, 2.24) is 15.3 Å². The van der Waals surface area contributed by atoms with Gasteiger partial charge in [-0.05, 0) is 18.2 Å². The monoisotopic (exact) mass is 352 g/mol. The molecule has 7 heteroatoms. The number of aromatic nitrogens is 2. The molecule has 1 aromatic heterocycles. The summed E-state index contributed by atoms with van der Waals surface area (Å²) >= 11 is 0. The Labute approximate surface area is 150 Å². The third-order valence-electron chi connectivity index (χ3n) is 3.82. The largest absolute Gasteiger partial charge is 0.483 e. The molecule has 1 heterocycles. The van der Waals surface area contributed by atoms with Crippen molar-refractivity contribution in [1.29, 1.82) is 0 Å². The van der Waals surface area contributed by atoms with Crippen LogP contribution in [0, 0.1) is 0 Å². The molecular formula is C19H20N4O3. The van der Waals surface area contributed by atoms with Crippen LogP contribution in [0.15, 0.2) is 48.5 Å². The second-order valence-electron chi connectivity index (χ2n) is 5.84. The molecule has 134 valence electrons. The fourth-order valence-corrected chi connectivity index (χ4v) is 2.62. The second kappa shape index (κ2) is 8.15. The number of nitrogens with one attached hydrogen (secondary N) is 2. The summed E-state index contributed by atoms with van der Waals surface area (Å²) in [5, 5.41) is 2.79. The number of H-pyrrole nitrogens is 1. The molecule has 0 unspecified atom stereocenters. The second-order valence-corrected chi connectivity index (χ2v) is 5.84. The highest BCUT2D eigenvalue weighted by atomic mass is 16.5. The zero-order chi connectivity index (χ0) is 18.4. The Bertz CT molecular complexity index is 887. The lowest BCUT2D eigenvalue weighted by Gasteiger charge is -2.10. The van der Waals surface area contributed by atoms with E-state index in [9.17, 15) is 9.59 Å². The Kier molecular flexibility index (Phi) is 5.48. The molecule has 0 fully saturated rings. The third-order valence-corrected chi connectivity index (χ3v) is 3.82. The zero-order valence-corrected chi connectivity index (χ0v) is 14.2. The first-order valence-electron chi connectivity index (χ1n) is 8.31. The number of benzene rings is 2. The summed E-state index contributed by atoms with van der Waals surface area (Å²) in [6.07, 6.45) is 0.669. The van der Waals surface area contributed by atoms with Gasteiger partial charge in [0.1, 0.15) is 11.6 Å². The van der Waals surface area contributed by atoms with Gasteiger partial charge in [0.15, 0.2) is 6.61 Å². The smallest absolute Gasteiger partial charge is 0.257 e. The lowest BCUT2D eigenvalue weighted by Crippen LogP contribution is -2.31. The first-order chi connectivity index (χ1) is 12.6.